The quantitative estimate of drug-likeness (QED) is 0.805. The van der Waals surface area contributed by atoms with Crippen LogP contribution in [0.5, 0.6) is 0 Å². The standard InChI is InChI=1S/C16H17BrN2O2S/c1-11-4-3-8-16(2,10-11)22(20,21)19-9-7-12-14(18)6-5-13(17)15(12)19/h3-7,9-10H,8,18H2,1-2H3. The molecule has 0 fully saturated rings. The molecule has 0 amide bonds. The van der Waals surface area contributed by atoms with E-state index in [1.54, 1.807) is 31.3 Å². The lowest BCUT2D eigenvalue weighted by molar-refractivity contribution is 0.554. The van der Waals surface area contributed by atoms with Crippen molar-refractivity contribution in [2.75, 3.05) is 5.73 Å². The van der Waals surface area contributed by atoms with Gasteiger partial charge in [0, 0.05) is 21.7 Å². The average Bonchev–Trinajstić information content (AvgIpc) is 2.89. The van der Waals surface area contributed by atoms with Gasteiger partial charge in [-0.3, -0.25) is 0 Å². The molecule has 0 radical (unpaired) electrons. The van der Waals surface area contributed by atoms with E-state index >= 15 is 0 Å². The summed E-state index contributed by atoms with van der Waals surface area (Å²) in [7, 11) is -3.61. The topological polar surface area (TPSA) is 65.1 Å². The molecule has 0 aliphatic heterocycles. The minimum Gasteiger partial charge on any atom is -0.398 e. The third kappa shape index (κ3) is 2.13. The summed E-state index contributed by atoms with van der Waals surface area (Å²) in [4.78, 5) is 0. The van der Waals surface area contributed by atoms with Crippen molar-refractivity contribution in [1.29, 1.82) is 0 Å². The van der Waals surface area contributed by atoms with Gasteiger partial charge in [0.15, 0.2) is 0 Å². The van der Waals surface area contributed by atoms with Crippen LogP contribution >= 0.6 is 15.9 Å². The third-order valence-electron chi connectivity index (χ3n) is 4.08. The van der Waals surface area contributed by atoms with Gasteiger partial charge >= 0.3 is 0 Å². The van der Waals surface area contributed by atoms with Crippen LogP contribution in [-0.2, 0) is 10.0 Å². The summed E-state index contributed by atoms with van der Waals surface area (Å²) in [5.41, 5.74) is 8.06. The Bertz CT molecular complexity index is 925. The van der Waals surface area contributed by atoms with E-state index in [-0.39, 0.29) is 0 Å². The number of allylic oxidation sites excluding steroid dienone is 3. The maximum Gasteiger partial charge on any atom is 0.248 e. The van der Waals surface area contributed by atoms with Gasteiger partial charge in [0.05, 0.1) is 5.52 Å². The molecule has 6 heteroatoms. The third-order valence-corrected chi connectivity index (χ3v) is 7.01. The Kier molecular flexibility index (Phi) is 3.49. The number of benzene rings is 1. The van der Waals surface area contributed by atoms with Crippen molar-refractivity contribution in [2.24, 2.45) is 0 Å². The first-order valence-corrected chi connectivity index (χ1v) is 9.16. The first kappa shape index (κ1) is 15.4. The molecule has 116 valence electrons. The van der Waals surface area contributed by atoms with E-state index in [0.717, 1.165) is 11.0 Å². The Balaban J connectivity index is 2.28. The summed E-state index contributed by atoms with van der Waals surface area (Å²) < 4.78 is 27.5. The molecular formula is C16H17BrN2O2S. The van der Waals surface area contributed by atoms with Gasteiger partial charge < -0.3 is 5.73 Å². The summed E-state index contributed by atoms with van der Waals surface area (Å²) >= 11 is 3.44. The molecule has 1 aromatic heterocycles. The number of nitrogens with two attached hydrogens (primary N) is 1. The highest BCUT2D eigenvalue weighted by Crippen LogP contribution is 2.36. The Hall–Kier alpha value is -1.53. The minimum absolute atomic E-state index is 0.451. The summed E-state index contributed by atoms with van der Waals surface area (Å²) in [5, 5.41) is 0.730. The van der Waals surface area contributed by atoms with Gasteiger partial charge in [-0.1, -0.05) is 23.8 Å². The van der Waals surface area contributed by atoms with Crippen molar-refractivity contribution in [3.8, 4) is 0 Å². The minimum atomic E-state index is -3.61. The zero-order chi connectivity index (χ0) is 16.1. The van der Waals surface area contributed by atoms with Crippen LogP contribution in [0.4, 0.5) is 5.69 Å². The summed E-state index contributed by atoms with van der Waals surface area (Å²) in [6, 6.07) is 5.28. The van der Waals surface area contributed by atoms with E-state index in [1.807, 2.05) is 25.2 Å². The molecule has 22 heavy (non-hydrogen) atoms. The van der Waals surface area contributed by atoms with Crippen LogP contribution in [0, 0.1) is 0 Å². The Morgan fingerprint density at radius 2 is 2.05 bits per heavy atom. The monoisotopic (exact) mass is 380 g/mol. The fourth-order valence-electron chi connectivity index (χ4n) is 2.89. The van der Waals surface area contributed by atoms with Crippen molar-refractivity contribution in [3.05, 3.63) is 52.7 Å². The number of fused-ring (bicyclic) bond motifs is 1. The van der Waals surface area contributed by atoms with Crippen molar-refractivity contribution < 1.29 is 8.42 Å². The summed E-state index contributed by atoms with van der Waals surface area (Å²) in [5.74, 6) is 0. The highest BCUT2D eigenvalue weighted by atomic mass is 79.9. The molecule has 2 N–H and O–H groups in total. The predicted octanol–water partition coefficient (Wildman–Crippen LogP) is 3.83. The van der Waals surface area contributed by atoms with Gasteiger partial charge in [-0.05, 0) is 54.4 Å². The molecule has 4 nitrogen and oxygen atoms in total. The Morgan fingerprint density at radius 1 is 1.32 bits per heavy atom. The van der Waals surface area contributed by atoms with E-state index in [0.29, 0.717) is 22.1 Å². The van der Waals surface area contributed by atoms with E-state index in [1.165, 1.54) is 3.97 Å². The molecular weight excluding hydrogens is 364 g/mol. The van der Waals surface area contributed by atoms with Crippen molar-refractivity contribution in [1.82, 2.24) is 3.97 Å². The van der Waals surface area contributed by atoms with Crippen LogP contribution in [0.1, 0.15) is 20.3 Å². The van der Waals surface area contributed by atoms with Gasteiger partial charge in [0.25, 0.3) is 0 Å². The molecule has 1 aromatic carbocycles. The van der Waals surface area contributed by atoms with Crippen LogP contribution < -0.4 is 5.73 Å². The first-order chi connectivity index (χ1) is 10.3. The highest BCUT2D eigenvalue weighted by molar-refractivity contribution is 9.10. The number of nitrogens with zero attached hydrogens (tertiary/aromatic N) is 1. The lowest BCUT2D eigenvalue weighted by Gasteiger charge is -2.28. The zero-order valence-electron chi connectivity index (χ0n) is 12.4. The molecule has 3 rings (SSSR count). The molecule has 2 aromatic rings. The molecule has 1 aliphatic rings. The second-order valence-electron chi connectivity index (χ2n) is 5.82. The van der Waals surface area contributed by atoms with Gasteiger partial charge in [0.2, 0.25) is 10.0 Å². The van der Waals surface area contributed by atoms with Gasteiger partial charge in [0.1, 0.15) is 4.75 Å². The number of aromatic nitrogens is 1. The SMILES string of the molecule is CC1=CC(C)(S(=O)(=O)n2ccc3c(N)ccc(Br)c32)CC=C1. The second-order valence-corrected chi connectivity index (χ2v) is 8.95. The largest absolute Gasteiger partial charge is 0.398 e. The second kappa shape index (κ2) is 4.99. The van der Waals surface area contributed by atoms with Crippen molar-refractivity contribution in [3.63, 3.8) is 0 Å². The van der Waals surface area contributed by atoms with Gasteiger partial charge in [-0.15, -0.1) is 0 Å². The number of rotatable bonds is 2. The molecule has 1 atom stereocenters. The first-order valence-electron chi connectivity index (χ1n) is 6.92. The van der Waals surface area contributed by atoms with Crippen LogP contribution in [0.2, 0.25) is 0 Å². The molecule has 0 spiro atoms. The number of halogens is 1. The molecule has 1 aliphatic carbocycles. The fourth-order valence-corrected chi connectivity index (χ4v) is 5.29. The van der Waals surface area contributed by atoms with E-state index in [9.17, 15) is 8.42 Å². The average molecular weight is 381 g/mol. The Labute approximate surface area is 138 Å². The molecule has 0 saturated heterocycles. The number of hydrogen-bond donors (Lipinski definition) is 1. The smallest absolute Gasteiger partial charge is 0.248 e. The van der Waals surface area contributed by atoms with E-state index in [4.69, 9.17) is 5.73 Å². The van der Waals surface area contributed by atoms with Gasteiger partial charge in [-0.25, -0.2) is 12.4 Å². The predicted molar refractivity (Wildman–Crippen MR) is 94.3 cm³/mol. The fraction of sp³-hybridized carbons (Fsp3) is 0.250. The summed E-state index contributed by atoms with van der Waals surface area (Å²) in [6.07, 6.45) is 7.69. The lowest BCUT2D eigenvalue weighted by atomic mass is 9.98. The number of anilines is 1. The van der Waals surface area contributed by atoms with Crippen molar-refractivity contribution in [2.45, 2.75) is 25.0 Å². The van der Waals surface area contributed by atoms with Crippen LogP contribution in [0.3, 0.4) is 0 Å². The Morgan fingerprint density at radius 3 is 2.73 bits per heavy atom. The van der Waals surface area contributed by atoms with E-state index < -0.39 is 14.8 Å². The van der Waals surface area contributed by atoms with Crippen molar-refractivity contribution >= 4 is 42.5 Å². The molecule has 1 unspecified atom stereocenters. The molecule has 1 heterocycles. The maximum absolute atomic E-state index is 13.2. The number of hydrogen-bond acceptors (Lipinski definition) is 3. The van der Waals surface area contributed by atoms with Crippen LogP contribution in [0.25, 0.3) is 10.9 Å². The number of nitrogen functional groups attached to an aromatic ring is 1. The lowest BCUT2D eigenvalue weighted by Crippen LogP contribution is -2.38. The molecule has 0 bridgehead atoms. The normalized spacial score (nSPS) is 22.0. The molecule has 0 saturated carbocycles. The maximum atomic E-state index is 13.2. The van der Waals surface area contributed by atoms with E-state index in [2.05, 4.69) is 15.9 Å². The van der Waals surface area contributed by atoms with Gasteiger partial charge in [-0.2, -0.15) is 0 Å². The van der Waals surface area contributed by atoms with Crippen LogP contribution in [-0.4, -0.2) is 17.1 Å². The summed E-state index contributed by atoms with van der Waals surface area (Å²) in [6.45, 7) is 3.66. The zero-order valence-corrected chi connectivity index (χ0v) is 14.8. The van der Waals surface area contributed by atoms with Crippen LogP contribution in [0.15, 0.2) is 52.7 Å². The highest BCUT2D eigenvalue weighted by Gasteiger charge is 2.39.